The van der Waals surface area contributed by atoms with Gasteiger partial charge in [-0.3, -0.25) is 0 Å². The topological polar surface area (TPSA) is 57.5 Å². The number of hydrogen-bond acceptors (Lipinski definition) is 5. The summed E-state index contributed by atoms with van der Waals surface area (Å²) in [6, 6.07) is 5.52. The quantitative estimate of drug-likeness (QED) is 0.568. The predicted molar refractivity (Wildman–Crippen MR) is 122 cm³/mol. The molecule has 1 aromatic carbocycles. The van der Waals surface area contributed by atoms with Crippen LogP contribution < -0.4 is 4.90 Å². The number of ether oxygens (including phenoxy) is 1. The van der Waals surface area contributed by atoms with Crippen molar-refractivity contribution in [2.75, 3.05) is 44.8 Å². The minimum Gasteiger partial charge on any atom is -0.428 e. The highest BCUT2D eigenvalue weighted by atomic mass is 19.1. The third-order valence-electron chi connectivity index (χ3n) is 5.86. The molecule has 0 atom stereocenters. The van der Waals surface area contributed by atoms with E-state index in [1.165, 1.54) is 6.07 Å². The van der Waals surface area contributed by atoms with Crippen molar-refractivity contribution in [1.82, 2.24) is 14.9 Å². The zero-order valence-corrected chi connectivity index (χ0v) is 18.4. The molecule has 6 nitrogen and oxygen atoms in total. The predicted octanol–water partition coefficient (Wildman–Crippen LogP) is 4.45. The molecule has 0 radical (unpaired) electrons. The van der Waals surface area contributed by atoms with E-state index < -0.39 is 0 Å². The normalized spacial score (nSPS) is 15.0. The van der Waals surface area contributed by atoms with Gasteiger partial charge in [0.1, 0.15) is 17.3 Å². The fraction of sp³-hybridized carbons (Fsp3) is 0.375. The summed E-state index contributed by atoms with van der Waals surface area (Å²) in [7, 11) is 2.03. The van der Waals surface area contributed by atoms with Crippen LogP contribution in [0.25, 0.3) is 17.0 Å². The van der Waals surface area contributed by atoms with Gasteiger partial charge in [0.25, 0.3) is 6.01 Å². The Morgan fingerprint density at radius 3 is 2.84 bits per heavy atom. The Labute approximate surface area is 182 Å². The van der Waals surface area contributed by atoms with Crippen molar-refractivity contribution < 1.29 is 13.5 Å². The van der Waals surface area contributed by atoms with E-state index in [9.17, 15) is 4.39 Å². The van der Waals surface area contributed by atoms with Crippen LogP contribution in [-0.4, -0.2) is 54.8 Å². The summed E-state index contributed by atoms with van der Waals surface area (Å²) in [6.45, 7) is 11.7. The highest BCUT2D eigenvalue weighted by Gasteiger charge is 2.18. The van der Waals surface area contributed by atoms with Crippen LogP contribution in [-0.2, 0) is 11.2 Å². The first-order valence-electron chi connectivity index (χ1n) is 10.6. The summed E-state index contributed by atoms with van der Waals surface area (Å²) >= 11 is 0. The lowest BCUT2D eigenvalue weighted by molar-refractivity contribution is 0.120. The number of likely N-dealkylation sites (N-methyl/N-ethyl adjacent to an activating group) is 1. The lowest BCUT2D eigenvalue weighted by atomic mass is 10.1. The van der Waals surface area contributed by atoms with Gasteiger partial charge in [0, 0.05) is 55.4 Å². The van der Waals surface area contributed by atoms with Gasteiger partial charge in [0.15, 0.2) is 0 Å². The lowest BCUT2D eigenvalue weighted by Gasteiger charge is -2.24. The maximum atomic E-state index is 13.5. The van der Waals surface area contributed by atoms with Crippen molar-refractivity contribution >= 4 is 23.0 Å². The Kier molecular flexibility index (Phi) is 6.13. The fourth-order valence-electron chi connectivity index (χ4n) is 3.91. The minimum atomic E-state index is -0.228. The van der Waals surface area contributed by atoms with Gasteiger partial charge in [-0.1, -0.05) is 6.58 Å². The second-order valence-electron chi connectivity index (χ2n) is 7.90. The Hall–Kier alpha value is -3.06. The Bertz CT molecular complexity index is 1110. The summed E-state index contributed by atoms with van der Waals surface area (Å²) < 4.78 is 24.8. The van der Waals surface area contributed by atoms with Gasteiger partial charge < -0.3 is 23.9 Å². The number of nitrogens with one attached hydrogen (secondary N) is 1. The second-order valence-corrected chi connectivity index (χ2v) is 7.90. The Morgan fingerprint density at radius 1 is 1.32 bits per heavy atom. The van der Waals surface area contributed by atoms with E-state index >= 15 is 0 Å². The molecule has 0 unspecified atom stereocenters. The van der Waals surface area contributed by atoms with Crippen molar-refractivity contribution in [3.05, 3.63) is 65.1 Å². The van der Waals surface area contributed by atoms with Crippen LogP contribution in [0.15, 0.2) is 41.0 Å². The molecule has 1 fully saturated rings. The number of H-pyrrole nitrogens is 1. The third kappa shape index (κ3) is 4.51. The Morgan fingerprint density at radius 2 is 2.10 bits per heavy atom. The van der Waals surface area contributed by atoms with Crippen LogP contribution in [0.5, 0.6) is 0 Å². The number of allylic oxidation sites excluding steroid dienone is 1. The number of aryl methyl sites for hydroxylation is 2. The van der Waals surface area contributed by atoms with E-state index in [0.29, 0.717) is 19.2 Å². The standard InChI is InChI=1S/C24H29FN4O2/c1-5-19(15-22-17(3)31-24(27-22)29-10-12-30-13-11-29)28(4)9-8-21-16(2)20-7-6-18(25)14-23(20)26-21/h5-7,14-15,26H,1,8-13H2,2-4H3/b19-15+. The molecule has 31 heavy (non-hydrogen) atoms. The molecule has 1 N–H and O–H groups in total. The summed E-state index contributed by atoms with van der Waals surface area (Å²) in [4.78, 5) is 12.3. The highest BCUT2D eigenvalue weighted by Crippen LogP contribution is 2.24. The van der Waals surface area contributed by atoms with E-state index in [2.05, 4.69) is 33.3 Å². The molecule has 0 bridgehead atoms. The van der Waals surface area contributed by atoms with Crippen molar-refractivity contribution in [1.29, 1.82) is 0 Å². The molecular weight excluding hydrogens is 395 g/mol. The Balaban J connectivity index is 1.48. The molecule has 2 aromatic heterocycles. The van der Waals surface area contributed by atoms with Crippen molar-refractivity contribution in [3.8, 4) is 0 Å². The van der Waals surface area contributed by atoms with Crippen LogP contribution >= 0.6 is 0 Å². The van der Waals surface area contributed by atoms with Gasteiger partial charge >= 0.3 is 0 Å². The number of aromatic amines is 1. The van der Waals surface area contributed by atoms with E-state index in [1.54, 1.807) is 6.07 Å². The molecular formula is C24H29FN4O2. The molecule has 0 saturated carbocycles. The number of hydrogen-bond donors (Lipinski definition) is 1. The minimum absolute atomic E-state index is 0.228. The second kappa shape index (κ2) is 8.98. The number of aromatic nitrogens is 2. The van der Waals surface area contributed by atoms with Crippen molar-refractivity contribution in [2.45, 2.75) is 20.3 Å². The van der Waals surface area contributed by atoms with Gasteiger partial charge in [0.2, 0.25) is 0 Å². The van der Waals surface area contributed by atoms with E-state index in [-0.39, 0.29) is 5.82 Å². The number of fused-ring (bicyclic) bond motifs is 1. The number of rotatable bonds is 7. The summed E-state index contributed by atoms with van der Waals surface area (Å²) in [5.74, 6) is 0.552. The van der Waals surface area contributed by atoms with Gasteiger partial charge in [0.05, 0.1) is 13.2 Å². The van der Waals surface area contributed by atoms with Crippen LogP contribution in [0.1, 0.15) is 22.7 Å². The molecule has 7 heteroatoms. The van der Waals surface area contributed by atoms with Gasteiger partial charge in [-0.25, -0.2) is 4.39 Å². The maximum Gasteiger partial charge on any atom is 0.298 e. The molecule has 3 aromatic rings. The molecule has 3 heterocycles. The SMILES string of the molecule is C=C/C(=C\c1nc(N2CCOCC2)oc1C)N(C)CCc1[nH]c2cc(F)ccc2c1C. The smallest absolute Gasteiger partial charge is 0.298 e. The number of oxazole rings is 1. The largest absolute Gasteiger partial charge is 0.428 e. The number of halogens is 1. The average molecular weight is 425 g/mol. The van der Waals surface area contributed by atoms with Gasteiger partial charge in [-0.15, -0.1) is 0 Å². The van der Waals surface area contributed by atoms with E-state index in [0.717, 1.165) is 65.4 Å². The zero-order chi connectivity index (χ0) is 22.0. The average Bonchev–Trinajstić information content (AvgIpc) is 3.29. The molecule has 0 amide bonds. The first-order chi connectivity index (χ1) is 15.0. The van der Waals surface area contributed by atoms with Gasteiger partial charge in [-0.05, 0) is 49.8 Å². The van der Waals surface area contributed by atoms with Crippen LogP contribution in [0, 0.1) is 19.7 Å². The third-order valence-corrected chi connectivity index (χ3v) is 5.86. The molecule has 0 aliphatic carbocycles. The number of morpholine rings is 1. The molecule has 1 saturated heterocycles. The van der Waals surface area contributed by atoms with Crippen molar-refractivity contribution in [2.24, 2.45) is 0 Å². The van der Waals surface area contributed by atoms with Crippen LogP contribution in [0.2, 0.25) is 0 Å². The number of nitrogens with zero attached hydrogens (tertiary/aromatic N) is 3. The molecule has 4 rings (SSSR count). The lowest BCUT2D eigenvalue weighted by Crippen LogP contribution is -2.36. The monoisotopic (exact) mass is 424 g/mol. The van der Waals surface area contributed by atoms with E-state index in [1.807, 2.05) is 32.2 Å². The fourth-order valence-corrected chi connectivity index (χ4v) is 3.91. The first-order valence-corrected chi connectivity index (χ1v) is 10.6. The number of benzene rings is 1. The zero-order valence-electron chi connectivity index (χ0n) is 18.4. The van der Waals surface area contributed by atoms with E-state index in [4.69, 9.17) is 9.15 Å². The summed E-state index contributed by atoms with van der Waals surface area (Å²) in [5, 5.41) is 1.06. The summed E-state index contributed by atoms with van der Waals surface area (Å²) in [6.07, 6.45) is 4.64. The highest BCUT2D eigenvalue weighted by molar-refractivity contribution is 5.84. The summed E-state index contributed by atoms with van der Waals surface area (Å²) in [5.41, 5.74) is 4.88. The van der Waals surface area contributed by atoms with Crippen LogP contribution in [0.3, 0.4) is 0 Å². The number of anilines is 1. The molecule has 0 spiro atoms. The van der Waals surface area contributed by atoms with Crippen LogP contribution in [0.4, 0.5) is 10.4 Å². The molecule has 164 valence electrons. The van der Waals surface area contributed by atoms with Gasteiger partial charge in [-0.2, -0.15) is 4.98 Å². The molecule has 1 aliphatic rings. The first kappa shape index (κ1) is 21.2. The van der Waals surface area contributed by atoms with Crippen molar-refractivity contribution in [3.63, 3.8) is 0 Å². The molecule has 1 aliphatic heterocycles. The maximum absolute atomic E-state index is 13.5.